The van der Waals surface area contributed by atoms with Crippen LogP contribution < -0.4 is 14.8 Å². The maximum Gasteiger partial charge on any atom is 0.256 e. The van der Waals surface area contributed by atoms with Gasteiger partial charge in [-0.1, -0.05) is 6.07 Å². The zero-order valence-electron chi connectivity index (χ0n) is 9.86. The largest absolute Gasteiger partial charge is 0.474 e. The second-order valence-electron chi connectivity index (χ2n) is 3.93. The first-order valence-corrected chi connectivity index (χ1v) is 5.83. The third kappa shape index (κ3) is 3.00. The molecule has 0 bridgehead atoms. The molecule has 1 N–H and O–H groups in total. The SMILES string of the molecule is COC(=S)N[C@H](C)Cc1ccc2c(c1)OCO2. The van der Waals surface area contributed by atoms with Crippen LogP contribution in [0, 0.1) is 0 Å². The number of rotatable bonds is 3. The molecule has 92 valence electrons. The highest BCUT2D eigenvalue weighted by atomic mass is 32.1. The summed E-state index contributed by atoms with van der Waals surface area (Å²) in [4.78, 5) is 0. The molecule has 2 rings (SSSR count). The molecule has 0 unspecified atom stereocenters. The van der Waals surface area contributed by atoms with Gasteiger partial charge in [0.1, 0.15) is 0 Å². The standard InChI is InChI=1S/C12H15NO3S/c1-8(13-12(17)14-2)5-9-3-4-10-11(6-9)16-7-15-10/h3-4,6,8H,5,7H2,1-2H3,(H,13,17)/t8-/m1/s1. The highest BCUT2D eigenvalue weighted by molar-refractivity contribution is 7.80. The van der Waals surface area contributed by atoms with E-state index in [9.17, 15) is 0 Å². The van der Waals surface area contributed by atoms with E-state index in [1.807, 2.05) is 18.2 Å². The lowest BCUT2D eigenvalue weighted by Gasteiger charge is -2.14. The molecule has 0 amide bonds. The van der Waals surface area contributed by atoms with Crippen LogP contribution in [0.25, 0.3) is 0 Å². The summed E-state index contributed by atoms with van der Waals surface area (Å²) >= 11 is 4.95. The van der Waals surface area contributed by atoms with Crippen molar-refractivity contribution in [2.45, 2.75) is 19.4 Å². The Morgan fingerprint density at radius 2 is 2.24 bits per heavy atom. The van der Waals surface area contributed by atoms with E-state index in [2.05, 4.69) is 12.2 Å². The van der Waals surface area contributed by atoms with Crippen molar-refractivity contribution in [2.75, 3.05) is 13.9 Å². The van der Waals surface area contributed by atoms with E-state index >= 15 is 0 Å². The topological polar surface area (TPSA) is 39.7 Å². The van der Waals surface area contributed by atoms with Crippen molar-refractivity contribution in [3.63, 3.8) is 0 Å². The van der Waals surface area contributed by atoms with Crippen molar-refractivity contribution in [1.29, 1.82) is 0 Å². The van der Waals surface area contributed by atoms with Crippen molar-refractivity contribution < 1.29 is 14.2 Å². The Labute approximate surface area is 106 Å². The molecule has 0 aromatic heterocycles. The van der Waals surface area contributed by atoms with Crippen molar-refractivity contribution in [1.82, 2.24) is 5.32 Å². The molecular weight excluding hydrogens is 238 g/mol. The van der Waals surface area contributed by atoms with Crippen molar-refractivity contribution in [2.24, 2.45) is 0 Å². The van der Waals surface area contributed by atoms with E-state index in [4.69, 9.17) is 26.4 Å². The predicted octanol–water partition coefficient (Wildman–Crippen LogP) is 1.87. The molecular formula is C12H15NO3S. The quantitative estimate of drug-likeness (QED) is 0.833. The fraction of sp³-hybridized carbons (Fsp3) is 0.417. The Hall–Kier alpha value is -1.49. The van der Waals surface area contributed by atoms with Crippen LogP contribution >= 0.6 is 12.2 Å². The highest BCUT2D eigenvalue weighted by Gasteiger charge is 2.14. The van der Waals surface area contributed by atoms with E-state index in [-0.39, 0.29) is 6.04 Å². The van der Waals surface area contributed by atoms with E-state index in [1.165, 1.54) is 5.56 Å². The molecule has 1 aromatic rings. The minimum absolute atomic E-state index is 0.211. The summed E-state index contributed by atoms with van der Waals surface area (Å²) in [6.45, 7) is 2.36. The molecule has 1 aliphatic heterocycles. The maximum absolute atomic E-state index is 5.33. The molecule has 0 saturated carbocycles. The Bertz CT molecular complexity index is 422. The van der Waals surface area contributed by atoms with Crippen molar-refractivity contribution >= 4 is 17.4 Å². The molecule has 0 aliphatic carbocycles. The molecule has 0 saturated heterocycles. The van der Waals surface area contributed by atoms with Gasteiger partial charge in [0.2, 0.25) is 6.79 Å². The number of fused-ring (bicyclic) bond motifs is 1. The summed E-state index contributed by atoms with van der Waals surface area (Å²) in [7, 11) is 1.56. The zero-order chi connectivity index (χ0) is 12.3. The van der Waals surface area contributed by atoms with E-state index < -0.39 is 0 Å². The first-order valence-electron chi connectivity index (χ1n) is 5.42. The fourth-order valence-electron chi connectivity index (χ4n) is 1.73. The fourth-order valence-corrected chi connectivity index (χ4v) is 1.93. The van der Waals surface area contributed by atoms with Gasteiger partial charge in [0.05, 0.1) is 7.11 Å². The minimum Gasteiger partial charge on any atom is -0.474 e. The molecule has 1 aliphatic rings. The van der Waals surface area contributed by atoms with Crippen LogP contribution in [-0.2, 0) is 11.2 Å². The van der Waals surface area contributed by atoms with Gasteiger partial charge in [0.15, 0.2) is 11.5 Å². The van der Waals surface area contributed by atoms with Crippen LogP contribution in [0.3, 0.4) is 0 Å². The first kappa shape index (κ1) is 12.0. The van der Waals surface area contributed by atoms with Gasteiger partial charge in [-0.25, -0.2) is 0 Å². The third-order valence-electron chi connectivity index (χ3n) is 2.53. The smallest absolute Gasteiger partial charge is 0.256 e. The second-order valence-corrected chi connectivity index (χ2v) is 4.30. The summed E-state index contributed by atoms with van der Waals surface area (Å²) in [5, 5.41) is 3.50. The molecule has 4 nitrogen and oxygen atoms in total. The average molecular weight is 253 g/mol. The third-order valence-corrected chi connectivity index (χ3v) is 2.81. The lowest BCUT2D eigenvalue weighted by atomic mass is 10.1. The van der Waals surface area contributed by atoms with Gasteiger partial charge in [0, 0.05) is 6.04 Å². The molecule has 0 spiro atoms. The number of nitrogens with one attached hydrogen (secondary N) is 1. The van der Waals surface area contributed by atoms with Crippen LogP contribution in [-0.4, -0.2) is 25.1 Å². The molecule has 1 atom stereocenters. The maximum atomic E-state index is 5.33. The average Bonchev–Trinajstić information content (AvgIpc) is 2.75. The number of benzene rings is 1. The summed E-state index contributed by atoms with van der Waals surface area (Å²) in [5.41, 5.74) is 1.17. The summed E-state index contributed by atoms with van der Waals surface area (Å²) in [6.07, 6.45) is 0.847. The van der Waals surface area contributed by atoms with Crippen LogP contribution in [0.15, 0.2) is 18.2 Å². The van der Waals surface area contributed by atoms with Crippen LogP contribution in [0.1, 0.15) is 12.5 Å². The Balaban J connectivity index is 1.97. The molecule has 5 heteroatoms. The first-order chi connectivity index (χ1) is 8.19. The zero-order valence-corrected chi connectivity index (χ0v) is 10.7. The number of methoxy groups -OCH3 is 1. The predicted molar refractivity (Wildman–Crippen MR) is 68.5 cm³/mol. The summed E-state index contributed by atoms with van der Waals surface area (Å²) in [5.74, 6) is 1.62. The van der Waals surface area contributed by atoms with Gasteiger partial charge in [-0.15, -0.1) is 0 Å². The minimum atomic E-state index is 0.211. The molecule has 17 heavy (non-hydrogen) atoms. The Morgan fingerprint density at radius 1 is 1.47 bits per heavy atom. The lowest BCUT2D eigenvalue weighted by molar-refractivity contribution is 0.174. The number of hydrogen-bond acceptors (Lipinski definition) is 4. The highest BCUT2D eigenvalue weighted by Crippen LogP contribution is 2.32. The normalized spacial score (nSPS) is 14.2. The second kappa shape index (κ2) is 5.23. The van der Waals surface area contributed by atoms with Crippen LogP contribution in [0.2, 0.25) is 0 Å². The van der Waals surface area contributed by atoms with Crippen LogP contribution in [0.4, 0.5) is 0 Å². The Morgan fingerprint density at radius 3 is 3.00 bits per heavy atom. The number of ether oxygens (including phenoxy) is 3. The van der Waals surface area contributed by atoms with Crippen molar-refractivity contribution in [3.8, 4) is 11.5 Å². The van der Waals surface area contributed by atoms with Gasteiger partial charge >= 0.3 is 0 Å². The molecule has 1 aromatic carbocycles. The number of thiocarbonyl (C=S) groups is 1. The van der Waals surface area contributed by atoms with E-state index in [0.717, 1.165) is 17.9 Å². The van der Waals surface area contributed by atoms with Gasteiger partial charge in [-0.3, -0.25) is 0 Å². The molecule has 0 fully saturated rings. The Kier molecular flexibility index (Phi) is 3.68. The lowest BCUT2D eigenvalue weighted by Crippen LogP contribution is -2.33. The van der Waals surface area contributed by atoms with Crippen LogP contribution in [0.5, 0.6) is 11.5 Å². The monoisotopic (exact) mass is 253 g/mol. The summed E-state index contributed by atoms with van der Waals surface area (Å²) < 4.78 is 15.5. The van der Waals surface area contributed by atoms with Gasteiger partial charge < -0.3 is 19.5 Å². The van der Waals surface area contributed by atoms with Gasteiger partial charge in [-0.05, 0) is 43.3 Å². The van der Waals surface area contributed by atoms with E-state index in [0.29, 0.717) is 12.0 Å². The van der Waals surface area contributed by atoms with Crippen molar-refractivity contribution in [3.05, 3.63) is 23.8 Å². The summed E-state index contributed by atoms with van der Waals surface area (Å²) in [6, 6.07) is 6.17. The van der Waals surface area contributed by atoms with Gasteiger partial charge in [0.25, 0.3) is 5.17 Å². The van der Waals surface area contributed by atoms with Gasteiger partial charge in [-0.2, -0.15) is 0 Å². The number of hydrogen-bond donors (Lipinski definition) is 1. The van der Waals surface area contributed by atoms with E-state index in [1.54, 1.807) is 7.11 Å². The molecule has 0 radical (unpaired) electrons. The molecule has 1 heterocycles.